The van der Waals surface area contributed by atoms with Gasteiger partial charge in [0.05, 0.1) is 17.7 Å². The minimum atomic E-state index is 0.00216. The van der Waals surface area contributed by atoms with Gasteiger partial charge in [0.15, 0.2) is 10.9 Å². The van der Waals surface area contributed by atoms with Gasteiger partial charge >= 0.3 is 0 Å². The van der Waals surface area contributed by atoms with E-state index < -0.39 is 0 Å². The van der Waals surface area contributed by atoms with Crippen LogP contribution in [0.2, 0.25) is 0 Å². The number of nitrogens with one attached hydrogen (secondary N) is 1. The van der Waals surface area contributed by atoms with Gasteiger partial charge in [0.2, 0.25) is 11.7 Å². The third kappa shape index (κ3) is 4.16. The van der Waals surface area contributed by atoms with Crippen molar-refractivity contribution in [1.82, 2.24) is 20.1 Å². The van der Waals surface area contributed by atoms with Gasteiger partial charge in [-0.15, -0.1) is 10.2 Å². The summed E-state index contributed by atoms with van der Waals surface area (Å²) in [5.41, 5.74) is 2.06. The minimum absolute atomic E-state index is 0.00216. The van der Waals surface area contributed by atoms with Crippen molar-refractivity contribution in [2.24, 2.45) is 0 Å². The third-order valence-corrected chi connectivity index (χ3v) is 4.85. The Morgan fingerprint density at radius 2 is 2.08 bits per heavy atom. The molecule has 1 aromatic carbocycles. The van der Waals surface area contributed by atoms with Crippen LogP contribution in [0.1, 0.15) is 25.3 Å². The fourth-order valence-electron chi connectivity index (χ4n) is 2.55. The maximum absolute atomic E-state index is 12.0. The summed E-state index contributed by atoms with van der Waals surface area (Å²) in [5.74, 6) is 1.56. The van der Waals surface area contributed by atoms with E-state index in [1.807, 2.05) is 47.9 Å². The van der Waals surface area contributed by atoms with Crippen LogP contribution in [-0.4, -0.2) is 33.0 Å². The number of benzene rings is 1. The molecule has 0 atom stereocenters. The summed E-state index contributed by atoms with van der Waals surface area (Å²) in [5, 5.41) is 12.2. The molecular formula is C19H22N4O2S. The molecule has 2 heterocycles. The van der Waals surface area contributed by atoms with Crippen molar-refractivity contribution in [3.63, 3.8) is 0 Å². The Morgan fingerprint density at radius 3 is 2.81 bits per heavy atom. The fraction of sp³-hybridized carbons (Fsp3) is 0.316. The average molecular weight is 370 g/mol. The van der Waals surface area contributed by atoms with E-state index in [1.165, 1.54) is 11.8 Å². The van der Waals surface area contributed by atoms with E-state index in [9.17, 15) is 4.79 Å². The van der Waals surface area contributed by atoms with E-state index in [4.69, 9.17) is 4.42 Å². The molecule has 0 aliphatic rings. The molecule has 0 bridgehead atoms. The predicted molar refractivity (Wildman–Crippen MR) is 102 cm³/mol. The number of nitrogens with zero attached hydrogens (tertiary/aromatic N) is 3. The topological polar surface area (TPSA) is 73.0 Å². The summed E-state index contributed by atoms with van der Waals surface area (Å²) < 4.78 is 7.46. The van der Waals surface area contributed by atoms with Crippen molar-refractivity contribution in [2.45, 2.75) is 31.8 Å². The first-order valence-corrected chi connectivity index (χ1v) is 9.64. The smallest absolute Gasteiger partial charge is 0.230 e. The third-order valence-electron chi connectivity index (χ3n) is 3.92. The van der Waals surface area contributed by atoms with Crippen molar-refractivity contribution in [3.05, 3.63) is 48.2 Å². The molecule has 0 spiro atoms. The second-order valence-corrected chi connectivity index (χ2v) is 6.84. The van der Waals surface area contributed by atoms with Crippen molar-refractivity contribution in [3.8, 4) is 17.3 Å². The predicted octanol–water partition coefficient (Wildman–Crippen LogP) is 3.84. The molecule has 26 heavy (non-hydrogen) atoms. The molecule has 1 amide bonds. The number of amides is 1. The first kappa shape index (κ1) is 18.3. The van der Waals surface area contributed by atoms with Gasteiger partial charge in [-0.05, 0) is 37.1 Å². The highest BCUT2D eigenvalue weighted by Crippen LogP contribution is 2.29. The normalized spacial score (nSPS) is 10.8. The Hall–Kier alpha value is -2.54. The van der Waals surface area contributed by atoms with E-state index >= 15 is 0 Å². The Morgan fingerprint density at radius 1 is 1.23 bits per heavy atom. The number of para-hydroxylation sites is 1. The summed E-state index contributed by atoms with van der Waals surface area (Å²) in [4.78, 5) is 12.0. The van der Waals surface area contributed by atoms with Crippen LogP contribution in [-0.2, 0) is 4.79 Å². The Labute approximate surface area is 157 Å². The molecule has 0 saturated heterocycles. The number of furan rings is 1. The number of aryl methyl sites for hydroxylation is 1. The van der Waals surface area contributed by atoms with Gasteiger partial charge in [-0.2, -0.15) is 0 Å². The van der Waals surface area contributed by atoms with Crippen LogP contribution in [0.3, 0.4) is 0 Å². The summed E-state index contributed by atoms with van der Waals surface area (Å²) in [7, 11) is 0. The Bertz CT molecular complexity index is 858. The maximum atomic E-state index is 12.0. The number of carbonyl (C=O) groups excluding carboxylic acids is 1. The van der Waals surface area contributed by atoms with E-state index in [-0.39, 0.29) is 5.91 Å². The molecule has 1 N–H and O–H groups in total. The molecule has 0 aliphatic heterocycles. The van der Waals surface area contributed by atoms with Crippen molar-refractivity contribution < 1.29 is 9.21 Å². The summed E-state index contributed by atoms with van der Waals surface area (Å²) in [6.45, 7) is 4.84. The number of rotatable bonds is 8. The standard InChI is InChI=1S/C19H22N4O2S/c1-3-4-11-20-17(24)13-26-19-22-21-18(16-10-7-12-25-16)23(19)15-9-6-5-8-14(15)2/h5-10,12H,3-4,11,13H2,1-2H3,(H,20,24). The quantitative estimate of drug-likeness (QED) is 0.482. The first-order valence-electron chi connectivity index (χ1n) is 8.65. The van der Waals surface area contributed by atoms with Crippen LogP contribution in [0.25, 0.3) is 17.3 Å². The van der Waals surface area contributed by atoms with Crippen LogP contribution < -0.4 is 5.32 Å². The number of carbonyl (C=O) groups is 1. The number of aromatic nitrogens is 3. The largest absolute Gasteiger partial charge is 0.461 e. The molecule has 0 fully saturated rings. The lowest BCUT2D eigenvalue weighted by atomic mass is 10.2. The molecule has 3 rings (SSSR count). The van der Waals surface area contributed by atoms with E-state index in [2.05, 4.69) is 22.4 Å². The van der Waals surface area contributed by atoms with Crippen LogP contribution in [0.4, 0.5) is 0 Å². The number of hydrogen-bond donors (Lipinski definition) is 1. The van der Waals surface area contributed by atoms with Crippen molar-refractivity contribution in [1.29, 1.82) is 0 Å². The summed E-state index contributed by atoms with van der Waals surface area (Å²) >= 11 is 1.37. The zero-order valence-corrected chi connectivity index (χ0v) is 15.8. The first-order chi connectivity index (χ1) is 12.7. The zero-order valence-electron chi connectivity index (χ0n) is 14.9. The van der Waals surface area contributed by atoms with E-state index in [0.29, 0.717) is 29.0 Å². The minimum Gasteiger partial charge on any atom is -0.461 e. The maximum Gasteiger partial charge on any atom is 0.230 e. The molecule has 136 valence electrons. The monoisotopic (exact) mass is 370 g/mol. The van der Waals surface area contributed by atoms with Crippen LogP contribution in [0, 0.1) is 6.92 Å². The van der Waals surface area contributed by atoms with Crippen LogP contribution in [0.15, 0.2) is 52.2 Å². The van der Waals surface area contributed by atoms with Gasteiger partial charge in [0.25, 0.3) is 0 Å². The lowest BCUT2D eigenvalue weighted by Gasteiger charge is -2.11. The van der Waals surface area contributed by atoms with E-state index in [0.717, 1.165) is 24.1 Å². The summed E-state index contributed by atoms with van der Waals surface area (Å²) in [6.07, 6.45) is 3.65. The second kappa shape index (κ2) is 8.71. The molecular weight excluding hydrogens is 348 g/mol. The Kier molecular flexibility index (Phi) is 6.12. The fourth-order valence-corrected chi connectivity index (χ4v) is 3.32. The van der Waals surface area contributed by atoms with Gasteiger partial charge in [-0.25, -0.2) is 0 Å². The lowest BCUT2D eigenvalue weighted by Crippen LogP contribution is -2.26. The molecule has 0 radical (unpaired) electrons. The Balaban J connectivity index is 1.87. The highest BCUT2D eigenvalue weighted by molar-refractivity contribution is 7.99. The highest BCUT2D eigenvalue weighted by atomic mass is 32.2. The van der Waals surface area contributed by atoms with Crippen molar-refractivity contribution >= 4 is 17.7 Å². The van der Waals surface area contributed by atoms with Gasteiger partial charge in [0, 0.05) is 6.54 Å². The number of unbranched alkanes of at least 4 members (excludes halogenated alkanes) is 1. The van der Waals surface area contributed by atoms with E-state index in [1.54, 1.807) is 6.26 Å². The molecule has 2 aromatic heterocycles. The SMILES string of the molecule is CCCCNC(=O)CSc1nnc(-c2ccco2)n1-c1ccccc1C. The van der Waals surface area contributed by atoms with Gasteiger partial charge in [-0.3, -0.25) is 9.36 Å². The van der Waals surface area contributed by atoms with Gasteiger partial charge in [-0.1, -0.05) is 43.3 Å². The number of hydrogen-bond acceptors (Lipinski definition) is 5. The van der Waals surface area contributed by atoms with Crippen molar-refractivity contribution in [2.75, 3.05) is 12.3 Å². The second-order valence-electron chi connectivity index (χ2n) is 5.90. The molecule has 0 aliphatic carbocycles. The zero-order chi connectivity index (χ0) is 18.4. The summed E-state index contributed by atoms with van der Waals surface area (Å²) in [6, 6.07) is 11.7. The van der Waals surface area contributed by atoms with Crippen LogP contribution >= 0.6 is 11.8 Å². The average Bonchev–Trinajstić information content (AvgIpc) is 3.30. The molecule has 6 nitrogen and oxygen atoms in total. The molecule has 3 aromatic rings. The number of thioether (sulfide) groups is 1. The van der Waals surface area contributed by atoms with Gasteiger partial charge in [0.1, 0.15) is 0 Å². The van der Waals surface area contributed by atoms with Crippen LogP contribution in [0.5, 0.6) is 0 Å². The molecule has 0 unspecified atom stereocenters. The molecule has 7 heteroatoms. The van der Waals surface area contributed by atoms with Gasteiger partial charge < -0.3 is 9.73 Å². The lowest BCUT2D eigenvalue weighted by molar-refractivity contribution is -0.118. The highest BCUT2D eigenvalue weighted by Gasteiger charge is 2.19. The molecule has 0 saturated carbocycles.